The van der Waals surface area contributed by atoms with Crippen molar-refractivity contribution in [3.05, 3.63) is 54.2 Å². The van der Waals surface area contributed by atoms with Crippen molar-refractivity contribution in [1.82, 2.24) is 19.1 Å². The maximum Gasteiger partial charge on any atom is 0.262 e. The van der Waals surface area contributed by atoms with E-state index < -0.39 is 0 Å². The molecule has 0 fully saturated rings. The van der Waals surface area contributed by atoms with E-state index in [4.69, 9.17) is 0 Å². The van der Waals surface area contributed by atoms with Gasteiger partial charge in [0.2, 0.25) is 0 Å². The Kier molecular flexibility index (Phi) is 4.79. The lowest BCUT2D eigenvalue weighted by molar-refractivity contribution is 0.539. The van der Waals surface area contributed by atoms with Gasteiger partial charge in [0.1, 0.15) is 9.66 Å². The molecular weight excluding hydrogens is 428 g/mol. The molecule has 2 aliphatic rings. The van der Waals surface area contributed by atoms with Crippen LogP contribution >= 0.6 is 22.7 Å². The van der Waals surface area contributed by atoms with Crippen molar-refractivity contribution in [1.29, 1.82) is 0 Å². The number of rotatable bonds is 4. The molecule has 0 spiro atoms. The average molecular weight is 453 g/mol. The van der Waals surface area contributed by atoms with Crippen LogP contribution < -0.4 is 11.1 Å². The van der Waals surface area contributed by atoms with Gasteiger partial charge in [0, 0.05) is 22.8 Å². The topological polar surface area (TPSA) is 69.8 Å². The summed E-state index contributed by atoms with van der Waals surface area (Å²) in [6, 6.07) is 0. The van der Waals surface area contributed by atoms with Crippen LogP contribution in [-0.4, -0.2) is 19.1 Å². The highest BCUT2D eigenvalue weighted by Gasteiger charge is 2.21. The Morgan fingerprint density at radius 2 is 1.16 bits per heavy atom. The fourth-order valence-corrected chi connectivity index (χ4v) is 7.53. The minimum Gasteiger partial charge on any atom is -0.299 e. The molecule has 0 saturated heterocycles. The second kappa shape index (κ2) is 7.67. The van der Waals surface area contributed by atoms with E-state index in [2.05, 4.69) is 9.97 Å². The number of thiophene rings is 2. The summed E-state index contributed by atoms with van der Waals surface area (Å²) in [7, 11) is 0. The summed E-state index contributed by atoms with van der Waals surface area (Å²) in [5, 5.41) is 1.65. The summed E-state index contributed by atoms with van der Waals surface area (Å²) in [6.07, 6.45) is 12.9. The summed E-state index contributed by atoms with van der Waals surface area (Å²) in [4.78, 5) is 39.8. The van der Waals surface area contributed by atoms with Crippen LogP contribution in [0.3, 0.4) is 0 Å². The van der Waals surface area contributed by atoms with Crippen LogP contribution in [0.2, 0.25) is 0 Å². The van der Waals surface area contributed by atoms with E-state index in [1.165, 1.54) is 33.7 Å². The third kappa shape index (κ3) is 3.19. The van der Waals surface area contributed by atoms with E-state index in [1.54, 1.807) is 44.5 Å². The number of aromatic nitrogens is 4. The molecule has 8 heteroatoms. The zero-order chi connectivity index (χ0) is 20.9. The summed E-state index contributed by atoms with van der Waals surface area (Å²) in [6.45, 7) is 1.11. The van der Waals surface area contributed by atoms with Crippen molar-refractivity contribution < 1.29 is 0 Å². The number of hydrogen-bond donors (Lipinski definition) is 0. The predicted octanol–water partition coefficient (Wildman–Crippen LogP) is 4.08. The van der Waals surface area contributed by atoms with E-state index in [-0.39, 0.29) is 11.1 Å². The van der Waals surface area contributed by atoms with Gasteiger partial charge in [-0.3, -0.25) is 18.7 Å². The van der Waals surface area contributed by atoms with Gasteiger partial charge in [-0.1, -0.05) is 0 Å². The van der Waals surface area contributed by atoms with Crippen LogP contribution in [-0.2, 0) is 38.8 Å². The molecule has 0 radical (unpaired) electrons. The molecule has 31 heavy (non-hydrogen) atoms. The summed E-state index contributed by atoms with van der Waals surface area (Å²) in [5.74, 6) is 0. The second-order valence-electron chi connectivity index (χ2n) is 8.62. The second-order valence-corrected chi connectivity index (χ2v) is 10.8. The Morgan fingerprint density at radius 3 is 1.65 bits per heavy atom. The average Bonchev–Trinajstić information content (AvgIpc) is 3.35. The molecule has 0 aliphatic heterocycles. The zero-order valence-electron chi connectivity index (χ0n) is 17.4. The third-order valence-corrected chi connectivity index (χ3v) is 9.08. The minimum absolute atomic E-state index is 0.0669. The van der Waals surface area contributed by atoms with Crippen LogP contribution in [0.25, 0.3) is 20.4 Å². The highest BCUT2D eigenvalue weighted by Crippen LogP contribution is 2.34. The minimum atomic E-state index is 0.0669. The summed E-state index contributed by atoms with van der Waals surface area (Å²) < 4.78 is 3.43. The highest BCUT2D eigenvalue weighted by molar-refractivity contribution is 7.19. The van der Waals surface area contributed by atoms with Gasteiger partial charge in [-0.2, -0.15) is 0 Å². The van der Waals surface area contributed by atoms with Crippen molar-refractivity contribution in [3.63, 3.8) is 0 Å². The van der Waals surface area contributed by atoms with Gasteiger partial charge in [0.15, 0.2) is 0 Å². The molecule has 0 unspecified atom stereocenters. The van der Waals surface area contributed by atoms with Gasteiger partial charge < -0.3 is 0 Å². The number of fused-ring (bicyclic) bond motifs is 6. The Labute approximate surface area is 187 Å². The normalized spacial score (nSPS) is 16.0. The molecule has 0 bridgehead atoms. The van der Waals surface area contributed by atoms with E-state index >= 15 is 0 Å². The molecule has 0 amide bonds. The smallest absolute Gasteiger partial charge is 0.262 e. The Morgan fingerprint density at radius 1 is 0.710 bits per heavy atom. The van der Waals surface area contributed by atoms with Crippen molar-refractivity contribution in [2.75, 3.05) is 0 Å². The van der Waals surface area contributed by atoms with Crippen LogP contribution in [0.15, 0.2) is 22.2 Å². The van der Waals surface area contributed by atoms with E-state index in [1.807, 2.05) is 0 Å². The monoisotopic (exact) mass is 452 g/mol. The Balaban J connectivity index is 1.26. The van der Waals surface area contributed by atoms with Gasteiger partial charge >= 0.3 is 0 Å². The SMILES string of the molecule is O=c1c2c3c(sc2ncn1CCCn1cnc2sc4c(c2c1=O)CCCC4)CCCC3. The standard InChI is InChI=1S/C23H24N4O2S2/c28-22-18-14-6-1-3-8-16(14)30-20(18)24-12-26(22)10-5-11-27-13-25-21-19(23(27)29)15-7-2-4-9-17(15)31-21/h12-13H,1-11H2. The van der Waals surface area contributed by atoms with Gasteiger partial charge in [-0.05, 0) is 68.9 Å². The van der Waals surface area contributed by atoms with Crippen molar-refractivity contribution in [2.45, 2.75) is 70.9 Å². The van der Waals surface area contributed by atoms with Crippen LogP contribution in [0.4, 0.5) is 0 Å². The zero-order valence-corrected chi connectivity index (χ0v) is 19.0. The lowest BCUT2D eigenvalue weighted by Gasteiger charge is -2.11. The molecule has 4 aromatic heterocycles. The molecule has 2 aliphatic carbocycles. The maximum absolute atomic E-state index is 13.1. The van der Waals surface area contributed by atoms with E-state index in [0.717, 1.165) is 59.0 Å². The first kappa shape index (κ1) is 19.4. The molecule has 4 aromatic rings. The number of hydrogen-bond acceptors (Lipinski definition) is 6. The first-order valence-electron chi connectivity index (χ1n) is 11.2. The van der Waals surface area contributed by atoms with Crippen LogP contribution in [0.1, 0.15) is 53.0 Å². The molecule has 0 N–H and O–H groups in total. The summed E-state index contributed by atoms with van der Waals surface area (Å²) >= 11 is 3.36. The molecule has 0 aromatic carbocycles. The van der Waals surface area contributed by atoms with Crippen molar-refractivity contribution in [3.8, 4) is 0 Å². The van der Waals surface area contributed by atoms with Gasteiger partial charge in [0.05, 0.1) is 23.4 Å². The molecule has 6 rings (SSSR count). The molecule has 4 heterocycles. The first-order chi connectivity index (χ1) is 15.2. The van der Waals surface area contributed by atoms with Crippen molar-refractivity contribution in [2.24, 2.45) is 0 Å². The fraction of sp³-hybridized carbons (Fsp3) is 0.478. The lowest BCUT2D eigenvalue weighted by atomic mass is 9.97. The Bertz CT molecular complexity index is 1320. The first-order valence-corrected chi connectivity index (χ1v) is 12.8. The lowest BCUT2D eigenvalue weighted by Crippen LogP contribution is -2.24. The van der Waals surface area contributed by atoms with Crippen LogP contribution in [0, 0.1) is 0 Å². The predicted molar refractivity (Wildman–Crippen MR) is 126 cm³/mol. The summed E-state index contributed by atoms with van der Waals surface area (Å²) in [5.41, 5.74) is 2.59. The fourth-order valence-electron chi connectivity index (χ4n) is 5.09. The van der Waals surface area contributed by atoms with Crippen LogP contribution in [0.5, 0.6) is 0 Å². The van der Waals surface area contributed by atoms with Gasteiger partial charge in [-0.25, -0.2) is 9.97 Å². The maximum atomic E-state index is 13.1. The highest BCUT2D eigenvalue weighted by atomic mass is 32.1. The third-order valence-electron chi connectivity index (χ3n) is 6.68. The van der Waals surface area contributed by atoms with Crippen molar-refractivity contribution >= 4 is 43.1 Å². The number of aryl methyl sites for hydroxylation is 6. The quantitative estimate of drug-likeness (QED) is 0.468. The Hall–Kier alpha value is -2.32. The molecular formula is C23H24N4O2S2. The molecule has 0 atom stereocenters. The number of nitrogens with zero attached hydrogens (tertiary/aromatic N) is 4. The largest absolute Gasteiger partial charge is 0.299 e. The van der Waals surface area contributed by atoms with Gasteiger partial charge in [-0.15, -0.1) is 22.7 Å². The van der Waals surface area contributed by atoms with E-state index in [0.29, 0.717) is 19.5 Å². The molecule has 160 valence electrons. The van der Waals surface area contributed by atoms with Gasteiger partial charge in [0.25, 0.3) is 11.1 Å². The van der Waals surface area contributed by atoms with E-state index in [9.17, 15) is 9.59 Å². The molecule has 0 saturated carbocycles. The molecule has 6 nitrogen and oxygen atoms in total.